The van der Waals surface area contributed by atoms with Crippen LogP contribution in [0.2, 0.25) is 0 Å². The summed E-state index contributed by atoms with van der Waals surface area (Å²) in [7, 11) is 5.40. The largest absolute Gasteiger partial charge is 0.348 e. The van der Waals surface area contributed by atoms with Crippen LogP contribution in [-0.4, -0.2) is 23.6 Å². The van der Waals surface area contributed by atoms with Gasteiger partial charge in [0.2, 0.25) is 5.95 Å². The van der Waals surface area contributed by atoms with Gasteiger partial charge < -0.3 is 4.90 Å². The molecule has 0 radical (unpaired) electrons. The second-order valence-corrected chi connectivity index (χ2v) is 2.54. The zero-order valence-electron chi connectivity index (χ0n) is 6.90. The highest BCUT2D eigenvalue weighted by atomic mass is 16.1. The SMILES string of the molecule is CN(C)c1nccc(=O)n1C. The van der Waals surface area contributed by atoms with Crippen molar-refractivity contribution in [1.29, 1.82) is 0 Å². The fourth-order valence-electron chi connectivity index (χ4n) is 0.880. The lowest BCUT2D eigenvalue weighted by Crippen LogP contribution is -2.24. The number of rotatable bonds is 1. The molecule has 60 valence electrons. The lowest BCUT2D eigenvalue weighted by Gasteiger charge is -2.13. The van der Waals surface area contributed by atoms with E-state index in [1.807, 2.05) is 14.1 Å². The van der Waals surface area contributed by atoms with Crippen molar-refractivity contribution >= 4 is 5.95 Å². The molecule has 0 aliphatic rings. The van der Waals surface area contributed by atoms with Crippen molar-refractivity contribution in [2.24, 2.45) is 7.05 Å². The van der Waals surface area contributed by atoms with Gasteiger partial charge in [-0.25, -0.2) is 4.98 Å². The number of hydrogen-bond donors (Lipinski definition) is 0. The molecule has 1 heterocycles. The summed E-state index contributed by atoms with van der Waals surface area (Å²) in [5, 5.41) is 0. The molecular formula is C7H11N3O. The van der Waals surface area contributed by atoms with E-state index in [2.05, 4.69) is 4.98 Å². The summed E-state index contributed by atoms with van der Waals surface area (Å²) in [5.74, 6) is 0.664. The van der Waals surface area contributed by atoms with Gasteiger partial charge in [0.05, 0.1) is 0 Å². The zero-order chi connectivity index (χ0) is 8.43. The van der Waals surface area contributed by atoms with Crippen LogP contribution >= 0.6 is 0 Å². The molecule has 0 fully saturated rings. The normalized spacial score (nSPS) is 9.73. The van der Waals surface area contributed by atoms with Gasteiger partial charge in [-0.3, -0.25) is 9.36 Å². The van der Waals surface area contributed by atoms with Crippen LogP contribution in [-0.2, 0) is 7.05 Å². The van der Waals surface area contributed by atoms with Crippen molar-refractivity contribution in [3.63, 3.8) is 0 Å². The van der Waals surface area contributed by atoms with E-state index in [4.69, 9.17) is 0 Å². The summed E-state index contributed by atoms with van der Waals surface area (Å²) in [5.41, 5.74) is -0.0382. The maximum Gasteiger partial charge on any atom is 0.254 e. The molecule has 0 aliphatic carbocycles. The first-order valence-corrected chi connectivity index (χ1v) is 3.32. The lowest BCUT2D eigenvalue weighted by molar-refractivity contribution is 0.794. The predicted molar refractivity (Wildman–Crippen MR) is 43.8 cm³/mol. The van der Waals surface area contributed by atoms with Crippen LogP contribution in [0, 0.1) is 0 Å². The molecular weight excluding hydrogens is 142 g/mol. The summed E-state index contributed by atoms with van der Waals surface area (Å²) in [6.07, 6.45) is 1.51. The van der Waals surface area contributed by atoms with Crippen LogP contribution in [0.5, 0.6) is 0 Å². The van der Waals surface area contributed by atoms with E-state index in [0.29, 0.717) is 5.95 Å². The van der Waals surface area contributed by atoms with Gasteiger partial charge >= 0.3 is 0 Å². The van der Waals surface area contributed by atoms with Gasteiger partial charge in [0, 0.05) is 33.4 Å². The van der Waals surface area contributed by atoms with E-state index in [9.17, 15) is 4.79 Å². The molecule has 0 saturated carbocycles. The summed E-state index contributed by atoms with van der Waals surface area (Å²) in [6, 6.07) is 1.44. The Hall–Kier alpha value is -1.32. The monoisotopic (exact) mass is 153 g/mol. The lowest BCUT2D eigenvalue weighted by atomic mass is 10.6. The van der Waals surface area contributed by atoms with Crippen molar-refractivity contribution < 1.29 is 0 Å². The molecule has 0 aliphatic heterocycles. The fraction of sp³-hybridized carbons (Fsp3) is 0.429. The minimum absolute atomic E-state index is 0.0382. The van der Waals surface area contributed by atoms with Crippen molar-refractivity contribution in [2.45, 2.75) is 0 Å². The van der Waals surface area contributed by atoms with Gasteiger partial charge in [-0.2, -0.15) is 0 Å². The van der Waals surface area contributed by atoms with Gasteiger partial charge in [-0.1, -0.05) is 0 Å². The Kier molecular flexibility index (Phi) is 1.94. The molecule has 0 unspecified atom stereocenters. The van der Waals surface area contributed by atoms with Gasteiger partial charge in [-0.15, -0.1) is 0 Å². The minimum atomic E-state index is -0.0382. The Bertz CT molecular complexity index is 303. The highest BCUT2D eigenvalue weighted by Crippen LogP contribution is 1.98. The summed E-state index contributed by atoms with van der Waals surface area (Å²) < 4.78 is 1.50. The summed E-state index contributed by atoms with van der Waals surface area (Å²) >= 11 is 0. The molecule has 4 heteroatoms. The fourth-order valence-corrected chi connectivity index (χ4v) is 0.880. The van der Waals surface area contributed by atoms with Crippen LogP contribution in [0.1, 0.15) is 0 Å². The highest BCUT2D eigenvalue weighted by molar-refractivity contribution is 5.26. The van der Waals surface area contributed by atoms with Crippen LogP contribution < -0.4 is 10.5 Å². The molecule has 4 nitrogen and oxygen atoms in total. The van der Waals surface area contributed by atoms with Gasteiger partial charge in [-0.05, 0) is 0 Å². The predicted octanol–water partition coefficient (Wildman–Crippen LogP) is -0.154. The van der Waals surface area contributed by atoms with E-state index >= 15 is 0 Å². The molecule has 11 heavy (non-hydrogen) atoms. The van der Waals surface area contributed by atoms with Crippen LogP contribution in [0.4, 0.5) is 5.95 Å². The number of nitrogens with zero attached hydrogens (tertiary/aromatic N) is 3. The third kappa shape index (κ3) is 1.39. The first kappa shape index (κ1) is 7.78. The second-order valence-electron chi connectivity index (χ2n) is 2.54. The number of aromatic nitrogens is 2. The van der Waals surface area contributed by atoms with E-state index < -0.39 is 0 Å². The molecule has 0 spiro atoms. The smallest absolute Gasteiger partial charge is 0.254 e. The molecule has 0 aromatic carbocycles. The van der Waals surface area contributed by atoms with E-state index in [-0.39, 0.29) is 5.56 Å². The standard InChI is InChI=1S/C7H11N3O/c1-9(2)7-8-5-4-6(11)10(7)3/h4-5H,1-3H3. The molecule has 0 N–H and O–H groups in total. The Morgan fingerprint density at radius 2 is 2.18 bits per heavy atom. The van der Waals surface area contributed by atoms with Crippen molar-refractivity contribution in [3.8, 4) is 0 Å². The average Bonchev–Trinajstić information content (AvgIpc) is 1.94. The van der Waals surface area contributed by atoms with Crippen molar-refractivity contribution in [1.82, 2.24) is 9.55 Å². The average molecular weight is 153 g/mol. The summed E-state index contributed by atoms with van der Waals surface area (Å²) in [4.78, 5) is 16.9. The van der Waals surface area contributed by atoms with E-state index in [0.717, 1.165) is 0 Å². The summed E-state index contributed by atoms with van der Waals surface area (Å²) in [6.45, 7) is 0. The Morgan fingerprint density at radius 3 is 2.64 bits per heavy atom. The Labute approximate surface area is 65.1 Å². The molecule has 1 rings (SSSR count). The van der Waals surface area contributed by atoms with Gasteiger partial charge in [0.15, 0.2) is 0 Å². The maximum absolute atomic E-state index is 11.0. The topological polar surface area (TPSA) is 38.1 Å². The molecule has 0 bridgehead atoms. The quantitative estimate of drug-likeness (QED) is 0.563. The minimum Gasteiger partial charge on any atom is -0.348 e. The van der Waals surface area contributed by atoms with E-state index in [1.54, 1.807) is 11.9 Å². The highest BCUT2D eigenvalue weighted by Gasteiger charge is 2.00. The zero-order valence-corrected chi connectivity index (χ0v) is 6.90. The third-order valence-corrected chi connectivity index (χ3v) is 1.44. The first-order valence-electron chi connectivity index (χ1n) is 3.32. The van der Waals surface area contributed by atoms with Gasteiger partial charge in [0.1, 0.15) is 0 Å². The molecule has 0 saturated heterocycles. The van der Waals surface area contributed by atoms with Crippen LogP contribution in [0.15, 0.2) is 17.1 Å². The van der Waals surface area contributed by atoms with Crippen LogP contribution in [0.3, 0.4) is 0 Å². The molecule has 0 atom stereocenters. The Balaban J connectivity index is 3.28. The molecule has 1 aromatic heterocycles. The van der Waals surface area contributed by atoms with Gasteiger partial charge in [0.25, 0.3) is 5.56 Å². The molecule has 0 amide bonds. The number of anilines is 1. The van der Waals surface area contributed by atoms with E-state index in [1.165, 1.54) is 16.8 Å². The first-order chi connectivity index (χ1) is 5.13. The maximum atomic E-state index is 11.0. The molecule has 1 aromatic rings. The second kappa shape index (κ2) is 2.74. The van der Waals surface area contributed by atoms with Crippen molar-refractivity contribution in [2.75, 3.05) is 19.0 Å². The van der Waals surface area contributed by atoms with Crippen LogP contribution in [0.25, 0.3) is 0 Å². The number of hydrogen-bond acceptors (Lipinski definition) is 3. The Morgan fingerprint density at radius 1 is 1.55 bits per heavy atom. The van der Waals surface area contributed by atoms with Crippen molar-refractivity contribution in [3.05, 3.63) is 22.6 Å². The third-order valence-electron chi connectivity index (χ3n) is 1.44.